The first-order valence-corrected chi connectivity index (χ1v) is 8.41. The second-order valence-electron chi connectivity index (χ2n) is 5.70. The maximum Gasteiger partial charge on any atom is 0.255 e. The molecule has 0 saturated carbocycles. The van der Waals surface area contributed by atoms with E-state index in [4.69, 9.17) is 23.2 Å². The number of benzene rings is 2. The highest BCUT2D eigenvalue weighted by Crippen LogP contribution is 2.25. The molecular formula is C18H16Cl2N2O2. The number of hydrogen-bond acceptors (Lipinski definition) is 2. The van der Waals surface area contributed by atoms with E-state index in [1.165, 1.54) is 0 Å². The van der Waals surface area contributed by atoms with E-state index in [2.05, 4.69) is 5.32 Å². The molecule has 1 saturated heterocycles. The van der Waals surface area contributed by atoms with Gasteiger partial charge in [-0.1, -0.05) is 35.3 Å². The number of halogens is 2. The van der Waals surface area contributed by atoms with Gasteiger partial charge in [0.2, 0.25) is 5.91 Å². The smallest absolute Gasteiger partial charge is 0.255 e. The van der Waals surface area contributed by atoms with Crippen LogP contribution in [0.1, 0.15) is 28.8 Å². The van der Waals surface area contributed by atoms with Gasteiger partial charge in [-0.15, -0.1) is 0 Å². The van der Waals surface area contributed by atoms with E-state index in [1.807, 2.05) is 17.0 Å². The highest BCUT2D eigenvalue weighted by Gasteiger charge is 2.20. The van der Waals surface area contributed by atoms with E-state index in [0.717, 1.165) is 18.5 Å². The van der Waals surface area contributed by atoms with Crippen LogP contribution in [0.5, 0.6) is 0 Å². The second-order valence-corrected chi connectivity index (χ2v) is 6.52. The van der Waals surface area contributed by atoms with E-state index in [0.29, 0.717) is 34.3 Å². The maximum absolute atomic E-state index is 12.4. The standard InChI is InChI=1S/C18H16Cl2N2O2/c19-15-7-6-14(10-16(15)20)21-18(24)13-4-1-3-12(9-13)11-22-8-2-5-17(22)23/h1,3-4,6-7,9-10H,2,5,8,11H2,(H,21,24). The first-order chi connectivity index (χ1) is 11.5. The minimum atomic E-state index is -0.233. The molecule has 1 aliphatic heterocycles. The first-order valence-electron chi connectivity index (χ1n) is 7.66. The number of carbonyl (C=O) groups is 2. The molecular weight excluding hydrogens is 347 g/mol. The number of nitrogens with one attached hydrogen (secondary N) is 1. The van der Waals surface area contributed by atoms with Gasteiger partial charge < -0.3 is 10.2 Å². The number of anilines is 1. The van der Waals surface area contributed by atoms with Crippen molar-refractivity contribution >= 4 is 40.7 Å². The van der Waals surface area contributed by atoms with Crippen LogP contribution in [0.25, 0.3) is 0 Å². The topological polar surface area (TPSA) is 49.4 Å². The van der Waals surface area contributed by atoms with Gasteiger partial charge in [0.25, 0.3) is 5.91 Å². The summed E-state index contributed by atoms with van der Waals surface area (Å²) in [6, 6.07) is 12.2. The third-order valence-electron chi connectivity index (χ3n) is 3.91. The summed E-state index contributed by atoms with van der Waals surface area (Å²) in [7, 11) is 0. The van der Waals surface area contributed by atoms with E-state index >= 15 is 0 Å². The Kier molecular flexibility index (Phi) is 5.07. The molecule has 1 aliphatic rings. The Hall–Kier alpha value is -2.04. The lowest BCUT2D eigenvalue weighted by atomic mass is 10.1. The van der Waals surface area contributed by atoms with Gasteiger partial charge in [0.1, 0.15) is 0 Å². The number of carbonyl (C=O) groups excluding carboxylic acids is 2. The van der Waals surface area contributed by atoms with E-state index in [-0.39, 0.29) is 11.8 Å². The summed E-state index contributed by atoms with van der Waals surface area (Å²) in [5.74, 6) is -0.0661. The van der Waals surface area contributed by atoms with Gasteiger partial charge in [0.05, 0.1) is 10.0 Å². The third-order valence-corrected chi connectivity index (χ3v) is 4.65. The highest BCUT2D eigenvalue weighted by molar-refractivity contribution is 6.42. The van der Waals surface area contributed by atoms with E-state index in [1.54, 1.807) is 30.3 Å². The molecule has 0 bridgehead atoms. The largest absolute Gasteiger partial charge is 0.338 e. The van der Waals surface area contributed by atoms with Gasteiger partial charge in [-0.25, -0.2) is 0 Å². The zero-order chi connectivity index (χ0) is 17.1. The van der Waals surface area contributed by atoms with Crippen LogP contribution in [0.3, 0.4) is 0 Å². The van der Waals surface area contributed by atoms with Crippen LogP contribution in [0, 0.1) is 0 Å². The quantitative estimate of drug-likeness (QED) is 0.877. The number of hydrogen-bond donors (Lipinski definition) is 1. The molecule has 3 rings (SSSR count). The molecule has 2 amide bonds. The Morgan fingerprint density at radius 2 is 1.96 bits per heavy atom. The Morgan fingerprint density at radius 1 is 1.12 bits per heavy atom. The van der Waals surface area contributed by atoms with Crippen LogP contribution >= 0.6 is 23.2 Å². The number of nitrogens with zero attached hydrogens (tertiary/aromatic N) is 1. The molecule has 124 valence electrons. The van der Waals surface area contributed by atoms with Gasteiger partial charge >= 0.3 is 0 Å². The zero-order valence-electron chi connectivity index (χ0n) is 12.9. The lowest BCUT2D eigenvalue weighted by molar-refractivity contribution is -0.128. The van der Waals surface area contributed by atoms with Gasteiger partial charge in [-0.05, 0) is 42.3 Å². The van der Waals surface area contributed by atoms with Crippen molar-refractivity contribution in [1.29, 1.82) is 0 Å². The predicted molar refractivity (Wildman–Crippen MR) is 95.5 cm³/mol. The van der Waals surface area contributed by atoms with Gasteiger partial charge in [0.15, 0.2) is 0 Å². The van der Waals surface area contributed by atoms with Crippen LogP contribution in [0.15, 0.2) is 42.5 Å². The van der Waals surface area contributed by atoms with Crippen LogP contribution in [-0.4, -0.2) is 23.3 Å². The summed E-state index contributed by atoms with van der Waals surface area (Å²) in [4.78, 5) is 25.9. The maximum atomic E-state index is 12.4. The molecule has 0 atom stereocenters. The van der Waals surface area contributed by atoms with Crippen molar-refractivity contribution in [3.63, 3.8) is 0 Å². The Balaban J connectivity index is 1.71. The van der Waals surface area contributed by atoms with Gasteiger partial charge in [-0.3, -0.25) is 9.59 Å². The molecule has 6 heteroatoms. The SMILES string of the molecule is O=C(Nc1ccc(Cl)c(Cl)c1)c1cccc(CN2CCCC2=O)c1. The normalized spacial score (nSPS) is 14.1. The Bertz CT molecular complexity index is 792. The van der Waals surface area contributed by atoms with Crippen molar-refractivity contribution in [3.8, 4) is 0 Å². The van der Waals surface area contributed by atoms with Crippen LogP contribution in [-0.2, 0) is 11.3 Å². The minimum absolute atomic E-state index is 0.167. The van der Waals surface area contributed by atoms with Crippen LogP contribution < -0.4 is 5.32 Å². The van der Waals surface area contributed by atoms with E-state index in [9.17, 15) is 9.59 Å². The molecule has 2 aromatic rings. The van der Waals surface area contributed by atoms with Crippen molar-refractivity contribution in [2.24, 2.45) is 0 Å². The van der Waals surface area contributed by atoms with E-state index < -0.39 is 0 Å². The van der Waals surface area contributed by atoms with Crippen LogP contribution in [0.4, 0.5) is 5.69 Å². The van der Waals surface area contributed by atoms with Crippen LogP contribution in [0.2, 0.25) is 10.0 Å². The Morgan fingerprint density at radius 3 is 2.67 bits per heavy atom. The summed E-state index contributed by atoms with van der Waals surface area (Å²) >= 11 is 11.8. The highest BCUT2D eigenvalue weighted by atomic mass is 35.5. The monoisotopic (exact) mass is 362 g/mol. The number of rotatable bonds is 4. The number of likely N-dealkylation sites (tertiary alicyclic amines) is 1. The fraction of sp³-hybridized carbons (Fsp3) is 0.222. The lowest BCUT2D eigenvalue weighted by Gasteiger charge is -2.16. The molecule has 0 unspecified atom stereocenters. The average Bonchev–Trinajstić information content (AvgIpc) is 2.96. The fourth-order valence-electron chi connectivity index (χ4n) is 2.68. The molecule has 1 fully saturated rings. The van der Waals surface area contributed by atoms with Crippen molar-refractivity contribution in [2.75, 3.05) is 11.9 Å². The third kappa shape index (κ3) is 3.89. The molecule has 1 heterocycles. The van der Waals surface area contributed by atoms with Gasteiger partial charge in [-0.2, -0.15) is 0 Å². The first kappa shape index (κ1) is 16.8. The molecule has 24 heavy (non-hydrogen) atoms. The summed E-state index contributed by atoms with van der Waals surface area (Å²) in [5, 5.41) is 3.62. The lowest BCUT2D eigenvalue weighted by Crippen LogP contribution is -2.24. The minimum Gasteiger partial charge on any atom is -0.338 e. The van der Waals surface area contributed by atoms with Crippen molar-refractivity contribution in [3.05, 3.63) is 63.6 Å². The number of amides is 2. The summed E-state index contributed by atoms with van der Waals surface area (Å²) in [5.41, 5.74) is 2.05. The summed E-state index contributed by atoms with van der Waals surface area (Å²) in [6.07, 6.45) is 1.51. The fourth-order valence-corrected chi connectivity index (χ4v) is 2.98. The molecule has 0 aromatic heterocycles. The van der Waals surface area contributed by atoms with Crippen molar-refractivity contribution in [1.82, 2.24) is 4.90 Å². The summed E-state index contributed by atoms with van der Waals surface area (Å²) < 4.78 is 0. The predicted octanol–water partition coefficient (Wildman–Crippen LogP) is 4.37. The molecule has 2 aromatic carbocycles. The summed E-state index contributed by atoms with van der Waals surface area (Å²) in [6.45, 7) is 1.31. The molecule has 4 nitrogen and oxygen atoms in total. The second kappa shape index (κ2) is 7.24. The van der Waals surface area contributed by atoms with Crippen molar-refractivity contribution in [2.45, 2.75) is 19.4 Å². The Labute approximate surface area is 150 Å². The van der Waals surface area contributed by atoms with Crippen molar-refractivity contribution < 1.29 is 9.59 Å². The average molecular weight is 363 g/mol. The molecule has 0 radical (unpaired) electrons. The zero-order valence-corrected chi connectivity index (χ0v) is 14.4. The van der Waals surface area contributed by atoms with Gasteiger partial charge in [0, 0.05) is 30.8 Å². The molecule has 0 aliphatic carbocycles. The molecule has 0 spiro atoms. The molecule has 1 N–H and O–H groups in total.